The number of fused-ring (bicyclic) bond motifs is 1. The summed E-state index contributed by atoms with van der Waals surface area (Å²) in [7, 11) is 4.24. The molecule has 0 fully saturated rings. The molecule has 0 aliphatic carbocycles. The van der Waals surface area contributed by atoms with Crippen molar-refractivity contribution in [2.45, 2.75) is 0 Å². The van der Waals surface area contributed by atoms with Crippen molar-refractivity contribution in [3.8, 4) is 11.6 Å². The van der Waals surface area contributed by atoms with Crippen molar-refractivity contribution >= 4 is 16.9 Å². The maximum absolute atomic E-state index is 11.8. The van der Waals surface area contributed by atoms with Crippen LogP contribution >= 0.6 is 0 Å². The lowest BCUT2D eigenvalue weighted by molar-refractivity contribution is 0.0592. The first-order valence-electron chi connectivity index (χ1n) is 5.32. The third-order valence-corrected chi connectivity index (χ3v) is 2.60. The van der Waals surface area contributed by atoms with E-state index in [1.807, 2.05) is 24.3 Å². The van der Waals surface area contributed by atoms with Gasteiger partial charge in [-0.15, -0.1) is 0 Å². The van der Waals surface area contributed by atoms with E-state index in [1.54, 1.807) is 0 Å². The maximum Gasteiger partial charge on any atom is 0.347 e. The van der Waals surface area contributed by atoms with Crippen LogP contribution in [0.3, 0.4) is 0 Å². The summed E-state index contributed by atoms with van der Waals surface area (Å²) in [5.41, 5.74) is 0.889. The van der Waals surface area contributed by atoms with Gasteiger partial charge in [0, 0.05) is 5.39 Å². The lowest BCUT2D eigenvalue weighted by atomic mass is 10.1. The van der Waals surface area contributed by atoms with Crippen LogP contribution in [0, 0.1) is 0 Å². The molecule has 0 amide bonds. The van der Waals surface area contributed by atoms with Crippen molar-refractivity contribution in [1.29, 1.82) is 0 Å². The SMILES string of the molecule is COC(=O)c1c(OC)nc2ccccc2c1OC. The Balaban J connectivity index is 2.84. The number of rotatable bonds is 3. The molecule has 18 heavy (non-hydrogen) atoms. The van der Waals surface area contributed by atoms with E-state index in [4.69, 9.17) is 14.2 Å². The van der Waals surface area contributed by atoms with Crippen LogP contribution in [-0.4, -0.2) is 32.3 Å². The highest BCUT2D eigenvalue weighted by atomic mass is 16.5. The number of pyridine rings is 1. The van der Waals surface area contributed by atoms with Crippen molar-refractivity contribution in [3.05, 3.63) is 29.8 Å². The molecule has 0 aliphatic heterocycles. The highest BCUT2D eigenvalue weighted by molar-refractivity contribution is 6.02. The lowest BCUT2D eigenvalue weighted by Gasteiger charge is -2.13. The van der Waals surface area contributed by atoms with Gasteiger partial charge in [-0.1, -0.05) is 12.1 Å². The number of methoxy groups -OCH3 is 3. The van der Waals surface area contributed by atoms with Gasteiger partial charge >= 0.3 is 5.97 Å². The van der Waals surface area contributed by atoms with E-state index in [0.717, 1.165) is 5.39 Å². The van der Waals surface area contributed by atoms with E-state index in [2.05, 4.69) is 4.98 Å². The van der Waals surface area contributed by atoms with Gasteiger partial charge in [-0.25, -0.2) is 9.78 Å². The summed E-state index contributed by atoms with van der Waals surface area (Å²) in [6, 6.07) is 7.35. The Labute approximate surface area is 104 Å². The van der Waals surface area contributed by atoms with Gasteiger partial charge in [-0.05, 0) is 12.1 Å². The van der Waals surface area contributed by atoms with Crippen LogP contribution in [0.4, 0.5) is 0 Å². The molecule has 1 heterocycles. The zero-order chi connectivity index (χ0) is 13.1. The standard InChI is InChI=1S/C13H13NO4/c1-16-11-8-6-4-5-7-9(8)14-12(17-2)10(11)13(15)18-3/h4-7H,1-3H3. The molecule has 94 valence electrons. The van der Waals surface area contributed by atoms with E-state index in [1.165, 1.54) is 21.3 Å². The minimum atomic E-state index is -0.540. The van der Waals surface area contributed by atoms with E-state index in [-0.39, 0.29) is 11.4 Å². The predicted octanol–water partition coefficient (Wildman–Crippen LogP) is 2.04. The minimum Gasteiger partial charge on any atom is -0.495 e. The van der Waals surface area contributed by atoms with E-state index in [9.17, 15) is 4.79 Å². The molecule has 1 aromatic carbocycles. The molecule has 0 N–H and O–H groups in total. The summed E-state index contributed by atoms with van der Waals surface area (Å²) >= 11 is 0. The fourth-order valence-corrected chi connectivity index (χ4v) is 1.80. The van der Waals surface area contributed by atoms with Crippen molar-refractivity contribution in [2.24, 2.45) is 0 Å². The van der Waals surface area contributed by atoms with Crippen molar-refractivity contribution in [3.63, 3.8) is 0 Å². The molecular weight excluding hydrogens is 234 g/mol. The summed E-state index contributed by atoms with van der Waals surface area (Å²) in [5, 5.41) is 0.737. The fourth-order valence-electron chi connectivity index (χ4n) is 1.80. The van der Waals surface area contributed by atoms with Gasteiger partial charge in [-0.2, -0.15) is 0 Å². The number of hydrogen-bond acceptors (Lipinski definition) is 5. The van der Waals surface area contributed by atoms with E-state index in [0.29, 0.717) is 11.3 Å². The number of aromatic nitrogens is 1. The molecule has 1 aromatic heterocycles. The lowest BCUT2D eigenvalue weighted by Crippen LogP contribution is -2.08. The molecule has 0 spiro atoms. The molecule has 0 radical (unpaired) electrons. The maximum atomic E-state index is 11.8. The second-order valence-electron chi connectivity index (χ2n) is 3.54. The molecule has 0 atom stereocenters. The molecule has 0 saturated heterocycles. The number of para-hydroxylation sites is 1. The summed E-state index contributed by atoms with van der Waals surface area (Å²) in [4.78, 5) is 16.1. The van der Waals surface area contributed by atoms with Gasteiger partial charge < -0.3 is 14.2 Å². The Bertz CT molecular complexity index is 595. The molecule has 5 heteroatoms. The van der Waals surface area contributed by atoms with Gasteiger partial charge in [0.05, 0.1) is 26.8 Å². The van der Waals surface area contributed by atoms with Crippen LogP contribution in [0.2, 0.25) is 0 Å². The van der Waals surface area contributed by atoms with Crippen LogP contribution in [0.25, 0.3) is 10.9 Å². The average Bonchev–Trinajstić information content (AvgIpc) is 2.44. The number of esters is 1. The third-order valence-electron chi connectivity index (χ3n) is 2.60. The van der Waals surface area contributed by atoms with Gasteiger partial charge in [0.25, 0.3) is 0 Å². The van der Waals surface area contributed by atoms with Crippen LogP contribution in [0.5, 0.6) is 11.6 Å². The normalized spacial score (nSPS) is 10.2. The zero-order valence-corrected chi connectivity index (χ0v) is 10.4. The first kappa shape index (κ1) is 12.2. The number of carbonyl (C=O) groups excluding carboxylic acids is 1. The van der Waals surface area contributed by atoms with Crippen molar-refractivity contribution < 1.29 is 19.0 Å². The van der Waals surface area contributed by atoms with Gasteiger partial charge in [-0.3, -0.25) is 0 Å². The number of hydrogen-bond donors (Lipinski definition) is 0. The Morgan fingerprint density at radius 2 is 1.83 bits per heavy atom. The molecule has 2 aromatic rings. The van der Waals surface area contributed by atoms with Crippen LogP contribution in [0.1, 0.15) is 10.4 Å². The van der Waals surface area contributed by atoms with Gasteiger partial charge in [0.1, 0.15) is 5.75 Å². The fraction of sp³-hybridized carbons (Fsp3) is 0.231. The Morgan fingerprint density at radius 3 is 2.44 bits per heavy atom. The first-order chi connectivity index (χ1) is 8.72. The Kier molecular flexibility index (Phi) is 3.32. The predicted molar refractivity (Wildman–Crippen MR) is 66.2 cm³/mol. The molecule has 0 bridgehead atoms. The Morgan fingerprint density at radius 1 is 1.11 bits per heavy atom. The smallest absolute Gasteiger partial charge is 0.347 e. The van der Waals surface area contributed by atoms with Crippen molar-refractivity contribution in [2.75, 3.05) is 21.3 Å². The zero-order valence-electron chi connectivity index (χ0n) is 10.4. The number of nitrogens with zero attached hydrogens (tertiary/aromatic N) is 1. The third kappa shape index (κ3) is 1.84. The second kappa shape index (κ2) is 4.91. The molecular formula is C13H13NO4. The summed E-state index contributed by atoms with van der Waals surface area (Å²) in [5.74, 6) is 0.0589. The first-order valence-corrected chi connectivity index (χ1v) is 5.32. The van der Waals surface area contributed by atoms with E-state index < -0.39 is 5.97 Å². The monoisotopic (exact) mass is 247 g/mol. The topological polar surface area (TPSA) is 57.7 Å². The molecule has 0 saturated carbocycles. The van der Waals surface area contributed by atoms with Crippen LogP contribution in [-0.2, 0) is 4.74 Å². The summed E-state index contributed by atoms with van der Waals surface area (Å²) in [6.45, 7) is 0. The number of carbonyl (C=O) groups is 1. The largest absolute Gasteiger partial charge is 0.495 e. The summed E-state index contributed by atoms with van der Waals surface area (Å²) in [6.07, 6.45) is 0. The van der Waals surface area contributed by atoms with E-state index >= 15 is 0 Å². The quantitative estimate of drug-likeness (QED) is 0.777. The van der Waals surface area contributed by atoms with Crippen LogP contribution < -0.4 is 9.47 Å². The van der Waals surface area contributed by atoms with Crippen LogP contribution in [0.15, 0.2) is 24.3 Å². The number of ether oxygens (including phenoxy) is 3. The van der Waals surface area contributed by atoms with Gasteiger partial charge in [0.2, 0.25) is 5.88 Å². The molecule has 2 rings (SSSR count). The molecule has 5 nitrogen and oxygen atoms in total. The molecule has 0 unspecified atom stereocenters. The van der Waals surface area contributed by atoms with Crippen molar-refractivity contribution in [1.82, 2.24) is 4.98 Å². The average molecular weight is 247 g/mol. The molecule has 0 aliphatic rings. The highest BCUT2D eigenvalue weighted by Gasteiger charge is 2.23. The summed E-state index contributed by atoms with van der Waals surface area (Å²) < 4.78 is 15.2. The van der Waals surface area contributed by atoms with Gasteiger partial charge in [0.15, 0.2) is 5.56 Å². The second-order valence-corrected chi connectivity index (χ2v) is 3.54. The Hall–Kier alpha value is -2.30. The highest BCUT2D eigenvalue weighted by Crippen LogP contribution is 2.34. The minimum absolute atomic E-state index is 0.192. The number of benzene rings is 1.